The zero-order valence-corrected chi connectivity index (χ0v) is 25.8. The highest BCUT2D eigenvalue weighted by Gasteiger charge is 2.26. The van der Waals surface area contributed by atoms with E-state index in [4.69, 9.17) is 9.97 Å². The van der Waals surface area contributed by atoms with Gasteiger partial charge in [-0.3, -0.25) is 14.5 Å². The number of aromatic nitrogens is 2. The number of carbonyl (C=O) groups is 2. The van der Waals surface area contributed by atoms with E-state index in [1.165, 1.54) is 0 Å². The lowest BCUT2D eigenvalue weighted by atomic mass is 10.0. The Morgan fingerprint density at radius 2 is 0.977 bits per heavy atom. The van der Waals surface area contributed by atoms with Crippen LogP contribution in [0.15, 0.2) is 84.9 Å². The van der Waals surface area contributed by atoms with Crippen LogP contribution < -0.4 is 10.6 Å². The quantitative estimate of drug-likeness (QED) is 0.145. The summed E-state index contributed by atoms with van der Waals surface area (Å²) < 4.78 is 0. The Morgan fingerprint density at radius 3 is 1.36 bits per heavy atom. The number of amides is 2. The van der Waals surface area contributed by atoms with Gasteiger partial charge in [0.1, 0.15) is 0 Å². The van der Waals surface area contributed by atoms with Gasteiger partial charge in [0.25, 0.3) is 11.8 Å². The fourth-order valence-electron chi connectivity index (χ4n) is 6.09. The maximum absolute atomic E-state index is 13.7. The van der Waals surface area contributed by atoms with Crippen LogP contribution in [0.5, 0.6) is 0 Å². The number of hydrogen-bond acceptors (Lipinski definition) is 5. The molecule has 0 saturated carbocycles. The first-order chi connectivity index (χ1) is 21.3. The molecule has 0 fully saturated rings. The Morgan fingerprint density at radius 1 is 0.614 bits per heavy atom. The standard InChI is InChI=1S/C37H37N5O2/c1-6-30(38-36(43)28-18-10-16-26-20-24-14-8-12-22(3)32(24)40-34(26)28)42(5)31(7-2)39-37(44)29-19-11-17-27-21-25-15-9-13-23(4)33(25)41-35(27)29/h8-21,30-31H,6-7H2,1-5H3,(H,38,43)(H,39,44). The normalized spacial score (nSPS) is 13.0. The third-order valence-electron chi connectivity index (χ3n) is 8.58. The van der Waals surface area contributed by atoms with Crippen molar-refractivity contribution in [1.29, 1.82) is 0 Å². The molecule has 222 valence electrons. The van der Waals surface area contributed by atoms with E-state index >= 15 is 0 Å². The number of rotatable bonds is 8. The van der Waals surface area contributed by atoms with Crippen LogP contribution in [0.1, 0.15) is 58.5 Å². The fourth-order valence-corrected chi connectivity index (χ4v) is 6.09. The molecule has 4 aromatic carbocycles. The molecule has 2 N–H and O–H groups in total. The Hall–Kier alpha value is -4.88. The van der Waals surface area contributed by atoms with Gasteiger partial charge in [0.15, 0.2) is 0 Å². The van der Waals surface area contributed by atoms with E-state index in [1.54, 1.807) is 0 Å². The second-order valence-corrected chi connectivity index (χ2v) is 11.5. The topological polar surface area (TPSA) is 87.2 Å². The smallest absolute Gasteiger partial charge is 0.254 e. The summed E-state index contributed by atoms with van der Waals surface area (Å²) >= 11 is 0. The minimum atomic E-state index is -0.317. The molecule has 2 amide bonds. The van der Waals surface area contributed by atoms with Crippen LogP contribution in [0.25, 0.3) is 43.6 Å². The first kappa shape index (κ1) is 29.2. The van der Waals surface area contributed by atoms with Crippen LogP contribution >= 0.6 is 0 Å². The molecule has 0 radical (unpaired) electrons. The van der Waals surface area contributed by atoms with Crippen molar-refractivity contribution in [2.45, 2.75) is 52.9 Å². The van der Waals surface area contributed by atoms with Crippen LogP contribution in [-0.4, -0.2) is 46.1 Å². The van der Waals surface area contributed by atoms with Crippen LogP contribution in [0.3, 0.4) is 0 Å². The predicted molar refractivity (Wildman–Crippen MR) is 179 cm³/mol. The lowest BCUT2D eigenvalue weighted by molar-refractivity contribution is 0.0701. The van der Waals surface area contributed by atoms with E-state index in [0.29, 0.717) is 35.0 Å². The van der Waals surface area contributed by atoms with E-state index in [9.17, 15) is 9.59 Å². The Balaban J connectivity index is 1.25. The van der Waals surface area contributed by atoms with E-state index < -0.39 is 0 Å². The van der Waals surface area contributed by atoms with Crippen molar-refractivity contribution in [3.8, 4) is 0 Å². The van der Waals surface area contributed by atoms with Crippen molar-refractivity contribution in [2.75, 3.05) is 7.05 Å². The molecule has 7 heteroatoms. The van der Waals surface area contributed by atoms with Gasteiger partial charge in [0, 0.05) is 21.5 Å². The lowest BCUT2D eigenvalue weighted by Crippen LogP contribution is -2.55. The van der Waals surface area contributed by atoms with Gasteiger partial charge in [-0.2, -0.15) is 0 Å². The van der Waals surface area contributed by atoms with E-state index in [0.717, 1.165) is 43.7 Å². The molecule has 7 nitrogen and oxygen atoms in total. The minimum absolute atomic E-state index is 0.198. The molecule has 0 aliphatic carbocycles. The molecule has 0 bridgehead atoms. The van der Waals surface area contributed by atoms with Crippen molar-refractivity contribution in [2.24, 2.45) is 0 Å². The van der Waals surface area contributed by atoms with Crippen molar-refractivity contribution in [3.05, 3.63) is 107 Å². The predicted octanol–water partition coefficient (Wildman–Crippen LogP) is 7.27. The summed E-state index contributed by atoms with van der Waals surface area (Å²) in [6.07, 6.45) is 0.663. The number of hydrogen-bond donors (Lipinski definition) is 2. The highest BCUT2D eigenvalue weighted by Crippen LogP contribution is 2.26. The number of pyridine rings is 2. The fraction of sp³-hybridized carbons (Fsp3) is 0.243. The highest BCUT2D eigenvalue weighted by molar-refractivity contribution is 6.09. The largest absolute Gasteiger partial charge is 0.336 e. The third kappa shape index (κ3) is 5.35. The Kier molecular flexibility index (Phi) is 7.97. The van der Waals surface area contributed by atoms with Crippen LogP contribution in [0.2, 0.25) is 0 Å². The van der Waals surface area contributed by atoms with Gasteiger partial charge in [0.2, 0.25) is 0 Å². The van der Waals surface area contributed by atoms with Gasteiger partial charge in [0.05, 0.1) is 45.5 Å². The summed E-state index contributed by atoms with van der Waals surface area (Å²) in [6.45, 7) is 8.11. The molecule has 6 rings (SSSR count). The number of aryl methyl sites for hydroxylation is 2. The lowest BCUT2D eigenvalue weighted by Gasteiger charge is -2.35. The molecule has 0 aliphatic rings. The first-order valence-electron chi connectivity index (χ1n) is 15.2. The maximum Gasteiger partial charge on any atom is 0.254 e. The number of benzene rings is 4. The monoisotopic (exact) mass is 583 g/mol. The molecule has 0 aliphatic heterocycles. The maximum atomic E-state index is 13.7. The average Bonchev–Trinajstić information content (AvgIpc) is 3.03. The van der Waals surface area contributed by atoms with Gasteiger partial charge >= 0.3 is 0 Å². The molecule has 6 aromatic rings. The van der Waals surface area contributed by atoms with E-state index in [2.05, 4.69) is 22.8 Å². The molecule has 2 unspecified atom stereocenters. The Labute approximate surface area is 257 Å². The number of carbonyl (C=O) groups excluding carboxylic acids is 2. The summed E-state index contributed by atoms with van der Waals surface area (Å²) in [5.74, 6) is -0.396. The molecule has 0 saturated heterocycles. The molecule has 2 aromatic heterocycles. The van der Waals surface area contributed by atoms with E-state index in [1.807, 2.05) is 112 Å². The highest BCUT2D eigenvalue weighted by atomic mass is 16.2. The van der Waals surface area contributed by atoms with Crippen molar-refractivity contribution < 1.29 is 9.59 Å². The van der Waals surface area contributed by atoms with Crippen molar-refractivity contribution in [3.63, 3.8) is 0 Å². The minimum Gasteiger partial charge on any atom is -0.336 e. The van der Waals surface area contributed by atoms with Crippen LogP contribution in [0, 0.1) is 13.8 Å². The second kappa shape index (κ2) is 12.0. The zero-order chi connectivity index (χ0) is 31.0. The molecule has 0 spiro atoms. The Bertz CT molecular complexity index is 1910. The average molecular weight is 584 g/mol. The molecule has 44 heavy (non-hydrogen) atoms. The second-order valence-electron chi connectivity index (χ2n) is 11.5. The van der Waals surface area contributed by atoms with Crippen LogP contribution in [-0.2, 0) is 0 Å². The summed E-state index contributed by atoms with van der Waals surface area (Å²) in [7, 11) is 1.93. The zero-order valence-electron chi connectivity index (χ0n) is 25.8. The number of para-hydroxylation sites is 4. The van der Waals surface area contributed by atoms with Crippen LogP contribution in [0.4, 0.5) is 0 Å². The van der Waals surface area contributed by atoms with Gasteiger partial charge in [-0.15, -0.1) is 0 Å². The van der Waals surface area contributed by atoms with Gasteiger partial charge in [-0.05, 0) is 69.1 Å². The molecule has 2 heterocycles. The number of nitrogens with zero attached hydrogens (tertiary/aromatic N) is 3. The summed E-state index contributed by atoms with van der Waals surface area (Å²) in [5.41, 5.74) is 6.33. The molecular weight excluding hydrogens is 546 g/mol. The molecular formula is C37H37N5O2. The van der Waals surface area contributed by atoms with Crippen molar-refractivity contribution >= 4 is 55.4 Å². The van der Waals surface area contributed by atoms with Gasteiger partial charge in [-0.1, -0.05) is 74.5 Å². The van der Waals surface area contributed by atoms with E-state index in [-0.39, 0.29) is 24.1 Å². The third-order valence-corrected chi connectivity index (χ3v) is 8.58. The summed E-state index contributed by atoms with van der Waals surface area (Å²) in [5, 5.41) is 10.3. The number of nitrogens with one attached hydrogen (secondary N) is 2. The molecule has 2 atom stereocenters. The van der Waals surface area contributed by atoms with Gasteiger partial charge in [-0.25, -0.2) is 9.97 Å². The summed E-state index contributed by atoms with van der Waals surface area (Å²) in [4.78, 5) is 39.3. The number of fused-ring (bicyclic) bond motifs is 4. The SMILES string of the molecule is CCC(NC(=O)c1cccc2cc3cccc(C)c3nc12)N(C)C(CC)NC(=O)c1cccc2cc3cccc(C)c3nc12. The summed E-state index contributed by atoms with van der Waals surface area (Å²) in [6, 6.07) is 27.7. The van der Waals surface area contributed by atoms with Gasteiger partial charge < -0.3 is 10.6 Å². The van der Waals surface area contributed by atoms with Crippen molar-refractivity contribution in [1.82, 2.24) is 25.5 Å². The first-order valence-corrected chi connectivity index (χ1v) is 15.2.